The van der Waals surface area contributed by atoms with Crippen LogP contribution in [0.15, 0.2) is 91.0 Å². The Labute approximate surface area is 272 Å². The van der Waals surface area contributed by atoms with E-state index in [9.17, 15) is 14.7 Å². The van der Waals surface area contributed by atoms with Crippen LogP contribution in [-0.2, 0) is 29.3 Å². The lowest BCUT2D eigenvalue weighted by atomic mass is 9.98. The van der Waals surface area contributed by atoms with Crippen molar-refractivity contribution in [3.05, 3.63) is 113 Å². The van der Waals surface area contributed by atoms with Crippen molar-refractivity contribution in [3.8, 4) is 28.5 Å². The van der Waals surface area contributed by atoms with Crippen LogP contribution in [0.25, 0.3) is 33.5 Å². The summed E-state index contributed by atoms with van der Waals surface area (Å²) in [6.45, 7) is 2.36. The van der Waals surface area contributed by atoms with Gasteiger partial charge in [0.1, 0.15) is 6.61 Å². The Morgan fingerprint density at radius 1 is 0.854 bits per heavy atom. The molecular formula is C33H29N7O8. The van der Waals surface area contributed by atoms with Crippen LogP contribution in [0.3, 0.4) is 0 Å². The third kappa shape index (κ3) is 7.03. The van der Waals surface area contributed by atoms with Crippen molar-refractivity contribution in [2.75, 3.05) is 6.61 Å². The van der Waals surface area contributed by atoms with Gasteiger partial charge in [0, 0.05) is 5.56 Å². The second-order valence-corrected chi connectivity index (χ2v) is 10.4. The van der Waals surface area contributed by atoms with Crippen molar-refractivity contribution in [3.63, 3.8) is 0 Å². The van der Waals surface area contributed by atoms with Crippen LogP contribution in [0.5, 0.6) is 6.01 Å². The summed E-state index contributed by atoms with van der Waals surface area (Å²) in [6, 6.07) is 27.3. The lowest BCUT2D eigenvalue weighted by Crippen LogP contribution is -2.17. The highest BCUT2D eigenvalue weighted by Crippen LogP contribution is 2.31. The fourth-order valence-electron chi connectivity index (χ4n) is 5.17. The molecule has 2 aromatic heterocycles. The number of carbonyl (C=O) groups is 2. The zero-order valence-electron chi connectivity index (χ0n) is 25.5. The van der Waals surface area contributed by atoms with E-state index in [0.717, 1.165) is 21.5 Å². The summed E-state index contributed by atoms with van der Waals surface area (Å²) in [5.74, 6) is -0.831. The lowest BCUT2D eigenvalue weighted by molar-refractivity contribution is -0.497. The van der Waals surface area contributed by atoms with Crippen LogP contribution in [0, 0.1) is 0 Å². The van der Waals surface area contributed by atoms with Crippen LogP contribution < -0.4 is 4.74 Å². The molecule has 15 heteroatoms. The first-order chi connectivity index (χ1) is 23.3. The average Bonchev–Trinajstić information content (AvgIpc) is 3.72. The first-order valence-corrected chi connectivity index (χ1v) is 14.7. The average molecular weight is 652 g/mol. The molecule has 0 radical (unpaired) electrons. The van der Waals surface area contributed by atoms with Crippen molar-refractivity contribution in [1.82, 2.24) is 35.1 Å². The molecule has 0 bridgehead atoms. The summed E-state index contributed by atoms with van der Waals surface area (Å²) in [7, 11) is 0. The summed E-state index contributed by atoms with van der Waals surface area (Å²) in [5.41, 5.74) is 5.61. The zero-order chi connectivity index (χ0) is 33.6. The number of carbonyl (C=O) groups excluding carboxylic acids is 1. The number of benzene rings is 4. The molecule has 0 aliphatic carbocycles. The first-order valence-electron chi connectivity index (χ1n) is 14.7. The summed E-state index contributed by atoms with van der Waals surface area (Å²) in [4.78, 5) is 34.6. The number of hydrogen-bond acceptors (Lipinski definition) is 12. The molecule has 3 N–H and O–H groups in total. The molecule has 2 heterocycles. The molecule has 6 aromatic rings. The molecule has 48 heavy (non-hydrogen) atoms. The molecule has 244 valence electrons. The van der Waals surface area contributed by atoms with Gasteiger partial charge in [-0.25, -0.2) is 14.4 Å². The number of para-hydroxylation sites is 1. The molecule has 0 unspecified atom stereocenters. The predicted octanol–water partition coefficient (Wildman–Crippen LogP) is 5.20. The third-order valence-corrected chi connectivity index (χ3v) is 7.29. The Morgan fingerprint density at radius 3 is 2.31 bits per heavy atom. The normalized spacial score (nSPS) is 11.2. The van der Waals surface area contributed by atoms with E-state index in [2.05, 4.69) is 25.2 Å². The highest BCUT2D eigenvalue weighted by molar-refractivity contribution is 6.01. The van der Waals surface area contributed by atoms with Crippen molar-refractivity contribution >= 4 is 23.1 Å². The summed E-state index contributed by atoms with van der Waals surface area (Å²) in [6.07, 6.45) is -0.835. The summed E-state index contributed by atoms with van der Waals surface area (Å²) in [5, 5.41) is 39.1. The van der Waals surface area contributed by atoms with Gasteiger partial charge in [-0.05, 0) is 52.1 Å². The fourth-order valence-corrected chi connectivity index (χ4v) is 5.17. The van der Waals surface area contributed by atoms with E-state index >= 15 is 0 Å². The molecule has 0 saturated carbocycles. The van der Waals surface area contributed by atoms with E-state index in [1.54, 1.807) is 47.0 Å². The Balaban J connectivity index is 1.19. The molecule has 0 spiro atoms. The fraction of sp³-hybridized carbons (Fsp3) is 0.152. The number of imidazole rings is 1. The van der Waals surface area contributed by atoms with Crippen LogP contribution in [-0.4, -0.2) is 69.3 Å². The predicted molar refractivity (Wildman–Crippen MR) is 168 cm³/mol. The van der Waals surface area contributed by atoms with Crippen molar-refractivity contribution in [1.29, 1.82) is 0 Å². The van der Waals surface area contributed by atoms with Gasteiger partial charge in [-0.15, -0.1) is 10.2 Å². The molecule has 0 fully saturated rings. The number of hydrogen-bond donors (Lipinski definition) is 3. The van der Waals surface area contributed by atoms with Crippen LogP contribution in [0.4, 0.5) is 4.79 Å². The molecule has 15 nitrogen and oxygen atoms in total. The molecule has 0 amide bonds. The number of carboxylic acid groups (broad SMARTS) is 1. The minimum Gasteiger partial charge on any atom is -0.478 e. The second-order valence-electron chi connectivity index (χ2n) is 10.4. The zero-order valence-corrected chi connectivity index (χ0v) is 25.5. The van der Waals surface area contributed by atoms with Gasteiger partial charge in [-0.3, -0.25) is 15.0 Å². The van der Waals surface area contributed by atoms with Gasteiger partial charge >= 0.3 is 12.1 Å². The highest BCUT2D eigenvalue weighted by atomic mass is 17.1. The summed E-state index contributed by atoms with van der Waals surface area (Å²) < 4.78 is 12.9. The monoisotopic (exact) mass is 651 g/mol. The quantitative estimate of drug-likeness (QED) is 0.147. The minimum absolute atomic E-state index is 0.0903. The molecule has 4 aromatic carbocycles. The van der Waals surface area contributed by atoms with Crippen LogP contribution in [0.2, 0.25) is 0 Å². The molecule has 0 atom stereocenters. The number of fused-ring (bicyclic) bond motifs is 1. The van der Waals surface area contributed by atoms with Crippen molar-refractivity contribution in [2.45, 2.75) is 26.7 Å². The Hall–Kier alpha value is -6.00. The van der Waals surface area contributed by atoms with E-state index in [0.29, 0.717) is 46.9 Å². The van der Waals surface area contributed by atoms with E-state index in [-0.39, 0.29) is 30.0 Å². The number of nitrogens with zero attached hydrogens (tertiary/aromatic N) is 7. The number of aromatic nitrogens is 6. The van der Waals surface area contributed by atoms with E-state index in [1.807, 2.05) is 55.5 Å². The molecule has 0 aliphatic heterocycles. The van der Waals surface area contributed by atoms with Gasteiger partial charge in [-0.1, -0.05) is 83.7 Å². The van der Waals surface area contributed by atoms with Gasteiger partial charge in [0.25, 0.3) is 6.01 Å². The molecule has 0 aliphatic rings. The van der Waals surface area contributed by atoms with Crippen LogP contribution in [0.1, 0.15) is 34.0 Å². The SMILES string of the molecule is CCOc1nc2cccc(C(=O)O)c2n1Cc1ccc(-c2ccccc2-c2nnn(C(=O)OCc3cccc(CON(O)O)c3)n2)cc1. The van der Waals surface area contributed by atoms with E-state index < -0.39 is 12.1 Å². The summed E-state index contributed by atoms with van der Waals surface area (Å²) >= 11 is 0. The Bertz CT molecular complexity index is 2070. The maximum atomic E-state index is 12.7. The largest absolute Gasteiger partial charge is 0.478 e. The maximum Gasteiger partial charge on any atom is 0.454 e. The Morgan fingerprint density at radius 2 is 1.58 bits per heavy atom. The van der Waals surface area contributed by atoms with Gasteiger partial charge in [0.05, 0.1) is 41.7 Å². The Kier molecular flexibility index (Phi) is 9.45. The second kappa shape index (κ2) is 14.2. The van der Waals surface area contributed by atoms with Gasteiger partial charge < -0.3 is 14.6 Å². The molecule has 6 rings (SSSR count). The molecular weight excluding hydrogens is 622 g/mol. The number of carboxylic acids is 1. The van der Waals surface area contributed by atoms with Gasteiger partial charge in [0.2, 0.25) is 5.82 Å². The smallest absolute Gasteiger partial charge is 0.454 e. The van der Waals surface area contributed by atoms with Gasteiger partial charge in [-0.2, -0.15) is 4.98 Å². The van der Waals surface area contributed by atoms with Crippen molar-refractivity contribution < 1.29 is 39.4 Å². The van der Waals surface area contributed by atoms with Crippen molar-refractivity contribution in [2.24, 2.45) is 0 Å². The number of aromatic carboxylic acids is 1. The standard InChI is InChI=1S/C33H29N7O8/c1-2-46-32-34-28-12-6-11-27(31(41)42)29(28)38(32)18-21-13-15-24(16-14-21)25-9-3-4-10-26(25)30-35-37-39(36-30)33(43)47-19-22-7-5-8-23(17-22)20-48-40(44)45/h3-17,44-45H,2,18-20H2,1H3,(H,41,42). The number of ether oxygens (including phenoxy) is 2. The molecule has 0 saturated heterocycles. The third-order valence-electron chi connectivity index (χ3n) is 7.29. The van der Waals surface area contributed by atoms with Gasteiger partial charge in [0.15, 0.2) is 0 Å². The van der Waals surface area contributed by atoms with E-state index in [4.69, 9.17) is 19.9 Å². The maximum absolute atomic E-state index is 12.7. The van der Waals surface area contributed by atoms with Crippen LogP contribution >= 0.6 is 0 Å². The number of rotatable bonds is 12. The van der Waals surface area contributed by atoms with E-state index in [1.165, 1.54) is 0 Å². The number of tetrazole rings is 1. The first kappa shape index (κ1) is 32.0. The minimum atomic E-state index is -1.05. The topological polar surface area (TPSA) is 187 Å². The highest BCUT2D eigenvalue weighted by Gasteiger charge is 2.20. The lowest BCUT2D eigenvalue weighted by Gasteiger charge is -2.12.